The Morgan fingerprint density at radius 3 is 2.47 bits per heavy atom. The maximum Gasteiger partial charge on any atom is 0.320 e. The zero-order chi connectivity index (χ0) is 23.0. The summed E-state index contributed by atoms with van der Waals surface area (Å²) in [6, 6.07) is 13.1. The molecule has 3 aromatic rings. The molecular weight excluding hydrogens is 428 g/mol. The Hall–Kier alpha value is -3.19. The molecule has 2 saturated carbocycles. The van der Waals surface area contributed by atoms with Crippen LogP contribution in [-0.2, 0) is 15.1 Å². The average Bonchev–Trinajstić information content (AvgIpc) is 3.31. The van der Waals surface area contributed by atoms with Crippen LogP contribution in [0, 0.1) is 5.41 Å². The van der Waals surface area contributed by atoms with Crippen molar-refractivity contribution in [2.45, 2.75) is 56.5 Å². The Kier molecular flexibility index (Phi) is 5.37. The van der Waals surface area contributed by atoms with Gasteiger partial charge in [0, 0.05) is 16.9 Å². The van der Waals surface area contributed by atoms with Crippen molar-refractivity contribution in [2.75, 3.05) is 19.0 Å². The second-order valence-corrected chi connectivity index (χ2v) is 9.89. The summed E-state index contributed by atoms with van der Waals surface area (Å²) in [6.45, 7) is 0.757. The van der Waals surface area contributed by atoms with Gasteiger partial charge in [-0.05, 0) is 62.3 Å². The zero-order valence-electron chi connectivity index (χ0n) is 19.5. The van der Waals surface area contributed by atoms with Crippen LogP contribution in [0.4, 0.5) is 11.7 Å². The Morgan fingerprint density at radius 1 is 1.03 bits per heavy atom. The second-order valence-electron chi connectivity index (χ2n) is 9.89. The highest BCUT2D eigenvalue weighted by atomic mass is 16.5. The predicted octanol–water partition coefficient (Wildman–Crippen LogP) is 6.09. The molecule has 7 nitrogen and oxygen atoms in total. The van der Waals surface area contributed by atoms with Crippen molar-refractivity contribution in [3.05, 3.63) is 66.4 Å². The van der Waals surface area contributed by atoms with Crippen LogP contribution in [0.1, 0.15) is 62.3 Å². The number of rotatable bonds is 7. The molecule has 2 saturated heterocycles. The molecule has 2 bridgehead atoms. The fourth-order valence-corrected chi connectivity index (χ4v) is 5.33. The lowest BCUT2D eigenvalue weighted by Gasteiger charge is -2.52. The van der Waals surface area contributed by atoms with Gasteiger partial charge in [-0.25, -0.2) is 0 Å². The van der Waals surface area contributed by atoms with Crippen LogP contribution in [0.5, 0.6) is 0 Å². The van der Waals surface area contributed by atoms with Gasteiger partial charge in [0.25, 0.3) is 0 Å². The van der Waals surface area contributed by atoms with Crippen LogP contribution < -0.4 is 5.32 Å². The first kappa shape index (κ1) is 21.4. The van der Waals surface area contributed by atoms with Crippen molar-refractivity contribution >= 4 is 11.7 Å². The number of fused-ring (bicyclic) bond motifs is 3. The van der Waals surface area contributed by atoms with Crippen molar-refractivity contribution in [3.8, 4) is 11.3 Å². The molecule has 7 rings (SSSR count). The summed E-state index contributed by atoms with van der Waals surface area (Å²) in [7, 11) is 1.70. The molecule has 4 heterocycles. The van der Waals surface area contributed by atoms with Gasteiger partial charge in [0.15, 0.2) is 0 Å². The Labute approximate surface area is 199 Å². The van der Waals surface area contributed by atoms with Crippen LogP contribution in [0.3, 0.4) is 0 Å². The van der Waals surface area contributed by atoms with E-state index in [1.54, 1.807) is 19.6 Å². The molecule has 2 aliphatic heterocycles. The molecule has 1 N–H and O–H groups in total. The lowest BCUT2D eigenvalue weighted by atomic mass is 9.64. The number of hydrogen-bond donors (Lipinski definition) is 1. The van der Waals surface area contributed by atoms with E-state index in [-0.39, 0.29) is 11.0 Å². The van der Waals surface area contributed by atoms with Gasteiger partial charge >= 0.3 is 6.01 Å². The zero-order valence-corrected chi connectivity index (χ0v) is 19.5. The number of nitrogens with zero attached hydrogens (tertiary/aromatic N) is 3. The SMILES string of the molecule is CO/C=C/C12CCC(c3ccc(-c4ccc(Nc5nnc(C6CCC6)o5)cn4)cc3)(CC1)OC2. The number of methoxy groups -OCH3 is 1. The third kappa shape index (κ3) is 3.88. The van der Waals surface area contributed by atoms with E-state index in [1.165, 1.54) is 12.0 Å². The number of aromatic nitrogens is 3. The molecular formula is C27H30N4O3. The van der Waals surface area contributed by atoms with Crippen LogP contribution in [-0.4, -0.2) is 28.9 Å². The smallest absolute Gasteiger partial charge is 0.320 e. The van der Waals surface area contributed by atoms with Gasteiger partial charge in [0.2, 0.25) is 5.89 Å². The van der Waals surface area contributed by atoms with E-state index in [2.05, 4.69) is 50.8 Å². The summed E-state index contributed by atoms with van der Waals surface area (Å²) < 4.78 is 17.3. The minimum absolute atomic E-state index is 0.136. The van der Waals surface area contributed by atoms with Gasteiger partial charge in [0.1, 0.15) is 0 Å². The monoisotopic (exact) mass is 458 g/mol. The van der Waals surface area contributed by atoms with E-state index in [0.29, 0.717) is 11.9 Å². The van der Waals surface area contributed by atoms with E-state index in [4.69, 9.17) is 13.9 Å². The number of nitrogens with one attached hydrogen (secondary N) is 1. The quantitative estimate of drug-likeness (QED) is 0.429. The maximum absolute atomic E-state index is 6.45. The Balaban J connectivity index is 1.11. The molecule has 0 radical (unpaired) electrons. The number of pyridine rings is 1. The summed E-state index contributed by atoms with van der Waals surface area (Å²) in [5, 5.41) is 11.4. The molecule has 4 fully saturated rings. The molecule has 0 atom stereocenters. The fraction of sp³-hybridized carbons (Fsp3) is 0.444. The van der Waals surface area contributed by atoms with E-state index < -0.39 is 0 Å². The van der Waals surface area contributed by atoms with E-state index >= 15 is 0 Å². The predicted molar refractivity (Wildman–Crippen MR) is 129 cm³/mol. The molecule has 4 aliphatic rings. The van der Waals surface area contributed by atoms with Gasteiger partial charge in [-0.15, -0.1) is 5.10 Å². The van der Waals surface area contributed by atoms with E-state index in [9.17, 15) is 0 Å². The highest BCUT2D eigenvalue weighted by Gasteiger charge is 2.49. The highest BCUT2D eigenvalue weighted by molar-refractivity contribution is 5.62. The van der Waals surface area contributed by atoms with Gasteiger partial charge in [-0.3, -0.25) is 4.98 Å². The molecule has 1 aromatic carbocycles. The molecule has 2 aliphatic carbocycles. The largest absolute Gasteiger partial charge is 0.505 e. The molecule has 0 unspecified atom stereocenters. The van der Waals surface area contributed by atoms with Gasteiger partial charge in [0.05, 0.1) is 43.2 Å². The minimum Gasteiger partial charge on any atom is -0.505 e. The second kappa shape index (κ2) is 8.55. The third-order valence-corrected chi connectivity index (χ3v) is 7.86. The normalized spacial score (nSPS) is 26.5. The Morgan fingerprint density at radius 2 is 1.85 bits per heavy atom. The first-order chi connectivity index (χ1) is 16.7. The lowest BCUT2D eigenvalue weighted by molar-refractivity contribution is -0.174. The van der Waals surface area contributed by atoms with Gasteiger partial charge < -0.3 is 19.2 Å². The van der Waals surface area contributed by atoms with E-state index in [0.717, 1.165) is 68.0 Å². The first-order valence-corrected chi connectivity index (χ1v) is 12.2. The average molecular weight is 459 g/mol. The summed E-state index contributed by atoms with van der Waals surface area (Å²) in [6.07, 6.45) is 13.6. The summed E-state index contributed by atoms with van der Waals surface area (Å²) in [5.74, 6) is 1.16. The van der Waals surface area contributed by atoms with E-state index in [1.807, 2.05) is 12.1 Å². The van der Waals surface area contributed by atoms with Crippen LogP contribution >= 0.6 is 0 Å². The number of benzene rings is 1. The third-order valence-electron chi connectivity index (χ3n) is 7.86. The maximum atomic E-state index is 6.45. The molecule has 0 spiro atoms. The number of anilines is 2. The Bertz CT molecular complexity index is 1140. The lowest BCUT2D eigenvalue weighted by Crippen LogP contribution is -2.48. The van der Waals surface area contributed by atoms with Gasteiger partial charge in [-0.2, -0.15) is 0 Å². The molecule has 2 aromatic heterocycles. The molecule has 176 valence electrons. The van der Waals surface area contributed by atoms with Crippen molar-refractivity contribution in [1.29, 1.82) is 0 Å². The van der Waals surface area contributed by atoms with Crippen molar-refractivity contribution in [2.24, 2.45) is 5.41 Å². The van der Waals surface area contributed by atoms with Crippen LogP contribution in [0.15, 0.2) is 59.4 Å². The highest BCUT2D eigenvalue weighted by Crippen LogP contribution is 2.54. The fourth-order valence-electron chi connectivity index (χ4n) is 5.33. The first-order valence-electron chi connectivity index (χ1n) is 12.2. The van der Waals surface area contributed by atoms with Crippen molar-refractivity contribution < 1.29 is 13.9 Å². The molecule has 34 heavy (non-hydrogen) atoms. The minimum atomic E-state index is -0.162. The van der Waals surface area contributed by atoms with Crippen molar-refractivity contribution in [1.82, 2.24) is 15.2 Å². The molecule has 7 heteroatoms. The van der Waals surface area contributed by atoms with Crippen LogP contribution in [0.2, 0.25) is 0 Å². The summed E-state index contributed by atoms with van der Waals surface area (Å²) in [5.41, 5.74) is 4.07. The standard InChI is InChI=1S/C27H30N4O3/c1-32-16-15-26-11-13-27(14-12-26,33-18-26)21-7-5-19(6-8-21)23-10-9-22(17-28-23)29-25-31-30-24(34-25)20-3-2-4-20/h5-10,15-17,20H,2-4,11-14,18H2,1H3,(H,29,31)/b16-15+. The molecule has 0 amide bonds. The topological polar surface area (TPSA) is 82.3 Å². The number of ether oxygens (including phenoxy) is 2. The number of hydrogen-bond acceptors (Lipinski definition) is 7. The summed E-state index contributed by atoms with van der Waals surface area (Å²) in [4.78, 5) is 4.64. The van der Waals surface area contributed by atoms with Crippen LogP contribution in [0.25, 0.3) is 11.3 Å². The van der Waals surface area contributed by atoms with Crippen molar-refractivity contribution in [3.63, 3.8) is 0 Å². The van der Waals surface area contributed by atoms with Gasteiger partial charge in [-0.1, -0.05) is 35.8 Å². The summed E-state index contributed by atoms with van der Waals surface area (Å²) >= 11 is 0.